The molecule has 1 aromatic heterocycles. The van der Waals surface area contributed by atoms with Crippen molar-refractivity contribution >= 4 is 10.0 Å². The number of nitrogens with zero attached hydrogens (tertiary/aromatic N) is 2. The zero-order valence-corrected chi connectivity index (χ0v) is 13.4. The fourth-order valence-electron chi connectivity index (χ4n) is 1.90. The van der Waals surface area contributed by atoms with Gasteiger partial charge in [-0.25, -0.2) is 17.8 Å². The number of aryl methyl sites for hydroxylation is 1. The van der Waals surface area contributed by atoms with Gasteiger partial charge < -0.3 is 0 Å². The van der Waals surface area contributed by atoms with Crippen LogP contribution in [-0.2, 0) is 22.7 Å². The summed E-state index contributed by atoms with van der Waals surface area (Å²) in [6, 6.07) is 5.99. The van der Waals surface area contributed by atoms with E-state index in [0.29, 0.717) is 17.8 Å². The van der Waals surface area contributed by atoms with Crippen molar-refractivity contribution in [3.05, 3.63) is 58.0 Å². The fourth-order valence-corrected chi connectivity index (χ4v) is 2.92. The van der Waals surface area contributed by atoms with Gasteiger partial charge in [0.2, 0.25) is 10.0 Å². The van der Waals surface area contributed by atoms with Gasteiger partial charge in [0.05, 0.1) is 22.7 Å². The predicted octanol–water partition coefficient (Wildman–Crippen LogP) is 1.55. The number of aromatic nitrogens is 2. The van der Waals surface area contributed by atoms with Gasteiger partial charge in [0, 0.05) is 12.6 Å². The van der Waals surface area contributed by atoms with Crippen LogP contribution in [0.15, 0.2) is 46.1 Å². The number of nitrogens with one attached hydrogen (secondary N) is 1. The van der Waals surface area contributed by atoms with Gasteiger partial charge in [0.15, 0.2) is 0 Å². The molecule has 0 saturated heterocycles. The van der Waals surface area contributed by atoms with E-state index in [0.717, 1.165) is 16.8 Å². The minimum Gasteiger partial charge on any atom is -0.268 e. The lowest BCUT2D eigenvalue weighted by molar-refractivity contribution is -0.137. The van der Waals surface area contributed by atoms with Crippen molar-refractivity contribution in [2.75, 3.05) is 6.54 Å². The first-order chi connectivity index (χ1) is 11.1. The molecule has 0 aliphatic rings. The summed E-state index contributed by atoms with van der Waals surface area (Å²) in [7, 11) is -3.98. The first-order valence-electron chi connectivity index (χ1n) is 6.81. The highest BCUT2D eigenvalue weighted by atomic mass is 32.2. The molecule has 2 rings (SSSR count). The van der Waals surface area contributed by atoms with Crippen LogP contribution >= 0.6 is 0 Å². The van der Waals surface area contributed by atoms with E-state index in [4.69, 9.17) is 0 Å². The van der Waals surface area contributed by atoms with Crippen LogP contribution in [0, 0.1) is 6.92 Å². The maximum Gasteiger partial charge on any atom is 0.416 e. The molecule has 0 fully saturated rings. The number of alkyl halides is 3. The zero-order valence-electron chi connectivity index (χ0n) is 12.5. The van der Waals surface area contributed by atoms with E-state index in [1.165, 1.54) is 12.1 Å². The molecule has 1 N–H and O–H groups in total. The van der Waals surface area contributed by atoms with Crippen molar-refractivity contribution in [2.45, 2.75) is 24.5 Å². The number of halogens is 3. The summed E-state index contributed by atoms with van der Waals surface area (Å²) in [4.78, 5) is 11.3. The van der Waals surface area contributed by atoms with Crippen molar-refractivity contribution in [1.29, 1.82) is 0 Å². The Morgan fingerprint density at radius 2 is 1.75 bits per heavy atom. The number of benzene rings is 1. The second kappa shape index (κ2) is 6.73. The molecule has 0 spiro atoms. The van der Waals surface area contributed by atoms with E-state index in [1.807, 2.05) is 0 Å². The summed E-state index contributed by atoms with van der Waals surface area (Å²) >= 11 is 0. The maximum absolute atomic E-state index is 12.5. The van der Waals surface area contributed by atoms with Crippen molar-refractivity contribution < 1.29 is 21.6 Å². The average molecular weight is 361 g/mol. The van der Waals surface area contributed by atoms with Crippen LogP contribution in [0.3, 0.4) is 0 Å². The second-order valence-corrected chi connectivity index (χ2v) is 6.72. The Balaban J connectivity index is 2.06. The quantitative estimate of drug-likeness (QED) is 0.876. The number of hydrogen-bond acceptors (Lipinski definition) is 4. The minimum absolute atomic E-state index is 0.000375. The molecule has 0 aliphatic heterocycles. The smallest absolute Gasteiger partial charge is 0.268 e. The normalized spacial score (nSPS) is 12.3. The van der Waals surface area contributed by atoms with E-state index >= 15 is 0 Å². The highest BCUT2D eigenvalue weighted by Gasteiger charge is 2.30. The summed E-state index contributed by atoms with van der Waals surface area (Å²) in [5.74, 6) is 0. The SMILES string of the molecule is Cc1ccc(=O)n(CCNS(=O)(=O)c2ccc(C(F)(F)F)cc2)n1. The molecule has 1 heterocycles. The van der Waals surface area contributed by atoms with E-state index in [2.05, 4.69) is 9.82 Å². The minimum atomic E-state index is -4.53. The largest absolute Gasteiger partial charge is 0.416 e. The third-order valence-electron chi connectivity index (χ3n) is 3.11. The molecule has 0 amide bonds. The molecule has 0 radical (unpaired) electrons. The first-order valence-corrected chi connectivity index (χ1v) is 8.29. The van der Waals surface area contributed by atoms with E-state index in [-0.39, 0.29) is 23.5 Å². The molecule has 0 saturated carbocycles. The van der Waals surface area contributed by atoms with Crippen LogP contribution in [0.1, 0.15) is 11.3 Å². The van der Waals surface area contributed by atoms with Crippen LogP contribution in [0.2, 0.25) is 0 Å². The topological polar surface area (TPSA) is 81.1 Å². The van der Waals surface area contributed by atoms with Gasteiger partial charge in [0.1, 0.15) is 0 Å². The van der Waals surface area contributed by atoms with Crippen molar-refractivity contribution in [1.82, 2.24) is 14.5 Å². The summed E-state index contributed by atoms with van der Waals surface area (Å²) < 4.78 is 64.8. The highest BCUT2D eigenvalue weighted by Crippen LogP contribution is 2.29. The Morgan fingerprint density at radius 1 is 1.12 bits per heavy atom. The number of hydrogen-bond donors (Lipinski definition) is 1. The van der Waals surface area contributed by atoms with Gasteiger partial charge >= 0.3 is 6.18 Å². The molecular weight excluding hydrogens is 347 g/mol. The third-order valence-corrected chi connectivity index (χ3v) is 4.58. The standard InChI is InChI=1S/C14H14F3N3O3S/c1-10-2-7-13(21)20(19-10)9-8-18-24(22,23)12-5-3-11(4-6-12)14(15,16)17/h2-7,18H,8-9H2,1H3. The van der Waals surface area contributed by atoms with Gasteiger partial charge in [-0.2, -0.15) is 18.3 Å². The lowest BCUT2D eigenvalue weighted by atomic mass is 10.2. The number of sulfonamides is 1. The number of rotatable bonds is 5. The predicted molar refractivity (Wildman–Crippen MR) is 79.9 cm³/mol. The maximum atomic E-state index is 12.5. The summed E-state index contributed by atoms with van der Waals surface area (Å²) in [5.41, 5.74) is -0.716. The molecule has 0 aliphatic carbocycles. The summed E-state index contributed by atoms with van der Waals surface area (Å²) in [5, 5.41) is 3.95. The van der Waals surface area contributed by atoms with Crippen molar-refractivity contribution in [3.8, 4) is 0 Å². The second-order valence-electron chi connectivity index (χ2n) is 4.96. The summed E-state index contributed by atoms with van der Waals surface area (Å²) in [6.45, 7) is 1.56. The third kappa shape index (κ3) is 4.42. The summed E-state index contributed by atoms with van der Waals surface area (Å²) in [6.07, 6.45) is -4.53. The van der Waals surface area contributed by atoms with Gasteiger partial charge in [0.25, 0.3) is 5.56 Å². The Labute approximate surface area is 136 Å². The van der Waals surface area contributed by atoms with E-state index in [1.54, 1.807) is 6.92 Å². The van der Waals surface area contributed by atoms with Crippen LogP contribution < -0.4 is 10.3 Å². The zero-order chi connectivity index (χ0) is 18.0. The molecule has 6 nitrogen and oxygen atoms in total. The lowest BCUT2D eigenvalue weighted by Crippen LogP contribution is -2.32. The van der Waals surface area contributed by atoms with Crippen LogP contribution in [-0.4, -0.2) is 24.7 Å². The van der Waals surface area contributed by atoms with E-state index < -0.39 is 21.8 Å². The van der Waals surface area contributed by atoms with E-state index in [9.17, 15) is 26.4 Å². The Bertz CT molecular complexity index is 875. The molecule has 0 atom stereocenters. The molecule has 0 bridgehead atoms. The molecule has 2 aromatic rings. The molecule has 24 heavy (non-hydrogen) atoms. The molecule has 1 aromatic carbocycles. The Kier molecular flexibility index (Phi) is 5.09. The van der Waals surface area contributed by atoms with Crippen LogP contribution in [0.4, 0.5) is 13.2 Å². The van der Waals surface area contributed by atoms with Crippen LogP contribution in [0.25, 0.3) is 0 Å². The molecule has 130 valence electrons. The average Bonchev–Trinajstić information content (AvgIpc) is 2.50. The van der Waals surface area contributed by atoms with Crippen LogP contribution in [0.5, 0.6) is 0 Å². The highest BCUT2D eigenvalue weighted by molar-refractivity contribution is 7.89. The molecule has 0 unspecified atom stereocenters. The first kappa shape index (κ1) is 18.1. The van der Waals surface area contributed by atoms with Gasteiger partial charge in [-0.1, -0.05) is 0 Å². The monoisotopic (exact) mass is 361 g/mol. The van der Waals surface area contributed by atoms with Gasteiger partial charge in [-0.3, -0.25) is 4.79 Å². The van der Waals surface area contributed by atoms with Gasteiger partial charge in [-0.15, -0.1) is 0 Å². The molecular formula is C14H14F3N3O3S. The van der Waals surface area contributed by atoms with Crippen molar-refractivity contribution in [3.63, 3.8) is 0 Å². The Hall–Kier alpha value is -2.20. The lowest BCUT2D eigenvalue weighted by Gasteiger charge is -2.10. The Morgan fingerprint density at radius 3 is 2.33 bits per heavy atom. The molecule has 10 heteroatoms. The van der Waals surface area contributed by atoms with Crippen molar-refractivity contribution in [2.24, 2.45) is 0 Å². The fraction of sp³-hybridized carbons (Fsp3) is 0.286. The van der Waals surface area contributed by atoms with Gasteiger partial charge in [-0.05, 0) is 37.3 Å².